The monoisotopic (exact) mass is 447 g/mol. The van der Waals surface area contributed by atoms with Crippen molar-refractivity contribution in [2.75, 3.05) is 25.1 Å². The zero-order valence-electron chi connectivity index (χ0n) is 17.5. The van der Waals surface area contributed by atoms with Crippen molar-refractivity contribution in [2.45, 2.75) is 31.0 Å². The number of primary amides is 1. The van der Waals surface area contributed by atoms with Crippen molar-refractivity contribution in [1.29, 1.82) is 0 Å². The molecule has 5 N–H and O–H groups in total. The number of hydrogen-bond acceptors (Lipinski definition) is 5. The van der Waals surface area contributed by atoms with Crippen LogP contribution in [-0.2, 0) is 20.8 Å². The van der Waals surface area contributed by atoms with E-state index in [1.165, 1.54) is 16.7 Å². The van der Waals surface area contributed by atoms with Crippen LogP contribution in [0.3, 0.4) is 0 Å². The summed E-state index contributed by atoms with van der Waals surface area (Å²) in [6, 6.07) is 6.70. The van der Waals surface area contributed by atoms with E-state index in [0.717, 1.165) is 5.56 Å². The average molecular weight is 448 g/mol. The van der Waals surface area contributed by atoms with Gasteiger partial charge in [0.2, 0.25) is 17.7 Å². The van der Waals surface area contributed by atoms with E-state index >= 15 is 0 Å². The van der Waals surface area contributed by atoms with E-state index in [4.69, 9.17) is 5.73 Å². The molecule has 2 rings (SSSR count). The summed E-state index contributed by atoms with van der Waals surface area (Å²) < 4.78 is 0. The number of amides is 5. The van der Waals surface area contributed by atoms with Gasteiger partial charge in [-0.1, -0.05) is 36.4 Å². The Morgan fingerprint density at radius 3 is 2.61 bits per heavy atom. The van der Waals surface area contributed by atoms with Crippen molar-refractivity contribution in [3.8, 4) is 0 Å². The molecule has 168 valence electrons. The minimum absolute atomic E-state index is 0.206. The molecule has 9 nitrogen and oxygen atoms in total. The second-order valence-corrected chi connectivity index (χ2v) is 8.09. The van der Waals surface area contributed by atoms with E-state index in [1.54, 1.807) is 12.3 Å². The summed E-state index contributed by atoms with van der Waals surface area (Å²) in [4.78, 5) is 50.9. The molecular weight excluding hydrogens is 418 g/mol. The Kier molecular flexibility index (Phi) is 9.39. The van der Waals surface area contributed by atoms with E-state index in [9.17, 15) is 19.2 Å². The number of thioether (sulfide) groups is 1. The van der Waals surface area contributed by atoms with Gasteiger partial charge >= 0.3 is 6.03 Å². The average Bonchev–Trinajstić information content (AvgIpc) is 3.16. The van der Waals surface area contributed by atoms with E-state index in [-0.39, 0.29) is 31.0 Å². The molecule has 0 spiro atoms. The second kappa shape index (κ2) is 12.0. The minimum Gasteiger partial charge on any atom is -0.368 e. The predicted molar refractivity (Wildman–Crippen MR) is 120 cm³/mol. The largest absolute Gasteiger partial charge is 0.368 e. The molecule has 1 heterocycles. The fraction of sp³-hybridized carbons (Fsp3) is 0.429. The molecule has 5 amide bonds. The smallest absolute Gasteiger partial charge is 0.315 e. The maximum atomic E-state index is 13.0. The first-order valence-electron chi connectivity index (χ1n) is 9.93. The SMILES string of the molecule is C=CCNC(=O)NC1CC(C(=O)NC(Cc2ccccc2)C(N)=O)N(C(=O)CSC)C1. The normalized spacial score (nSPS) is 18.7. The van der Waals surface area contributed by atoms with Crippen LogP contribution in [0.25, 0.3) is 0 Å². The highest BCUT2D eigenvalue weighted by molar-refractivity contribution is 7.99. The molecule has 1 aliphatic rings. The van der Waals surface area contributed by atoms with Crippen LogP contribution in [0.2, 0.25) is 0 Å². The molecule has 0 aliphatic carbocycles. The number of nitrogens with two attached hydrogens (primary N) is 1. The Bertz CT molecular complexity index is 804. The van der Waals surface area contributed by atoms with Gasteiger partial charge in [-0.3, -0.25) is 14.4 Å². The third kappa shape index (κ3) is 7.32. The third-order valence-corrected chi connectivity index (χ3v) is 5.41. The highest BCUT2D eigenvalue weighted by Crippen LogP contribution is 2.20. The lowest BCUT2D eigenvalue weighted by molar-refractivity contribution is -0.137. The van der Waals surface area contributed by atoms with Gasteiger partial charge in [-0.15, -0.1) is 6.58 Å². The lowest BCUT2D eigenvalue weighted by Gasteiger charge is -2.25. The molecule has 0 radical (unpaired) electrons. The van der Waals surface area contributed by atoms with Crippen molar-refractivity contribution in [3.63, 3.8) is 0 Å². The first-order chi connectivity index (χ1) is 14.8. The molecular formula is C21H29N5O4S. The molecule has 10 heteroatoms. The van der Waals surface area contributed by atoms with Crippen molar-refractivity contribution in [3.05, 3.63) is 48.6 Å². The van der Waals surface area contributed by atoms with E-state index < -0.39 is 36.0 Å². The van der Waals surface area contributed by atoms with Crippen LogP contribution in [0.5, 0.6) is 0 Å². The van der Waals surface area contributed by atoms with Gasteiger partial charge in [0.15, 0.2) is 0 Å². The van der Waals surface area contributed by atoms with Crippen LogP contribution in [0.15, 0.2) is 43.0 Å². The number of carbonyl (C=O) groups is 4. The number of nitrogens with zero attached hydrogens (tertiary/aromatic N) is 1. The summed E-state index contributed by atoms with van der Waals surface area (Å²) in [5, 5.41) is 8.07. The van der Waals surface area contributed by atoms with Gasteiger partial charge in [-0.2, -0.15) is 11.8 Å². The molecule has 1 aromatic rings. The van der Waals surface area contributed by atoms with E-state index in [2.05, 4.69) is 22.5 Å². The number of rotatable bonds is 10. The second-order valence-electron chi connectivity index (χ2n) is 7.22. The van der Waals surface area contributed by atoms with Crippen molar-refractivity contribution < 1.29 is 19.2 Å². The number of benzene rings is 1. The van der Waals surface area contributed by atoms with Crippen molar-refractivity contribution in [2.24, 2.45) is 5.73 Å². The van der Waals surface area contributed by atoms with Gasteiger partial charge in [0.1, 0.15) is 12.1 Å². The summed E-state index contributed by atoms with van der Waals surface area (Å²) >= 11 is 1.35. The first kappa shape index (κ1) is 24.3. The van der Waals surface area contributed by atoms with Gasteiger partial charge in [0.05, 0.1) is 11.8 Å². The zero-order chi connectivity index (χ0) is 22.8. The number of carbonyl (C=O) groups excluding carboxylic acids is 4. The van der Waals surface area contributed by atoms with Gasteiger partial charge < -0.3 is 26.6 Å². The van der Waals surface area contributed by atoms with Crippen LogP contribution in [-0.4, -0.2) is 71.9 Å². The Balaban J connectivity index is 2.09. The summed E-state index contributed by atoms with van der Waals surface area (Å²) in [5.74, 6) is -1.12. The highest BCUT2D eigenvalue weighted by atomic mass is 32.2. The molecule has 3 atom stereocenters. The van der Waals surface area contributed by atoms with E-state index in [1.807, 2.05) is 30.3 Å². The summed E-state index contributed by atoms with van der Waals surface area (Å²) in [6.07, 6.45) is 3.84. The maximum Gasteiger partial charge on any atom is 0.315 e. The van der Waals surface area contributed by atoms with Crippen molar-refractivity contribution in [1.82, 2.24) is 20.9 Å². The van der Waals surface area contributed by atoms with Crippen LogP contribution >= 0.6 is 11.8 Å². The van der Waals surface area contributed by atoms with Gasteiger partial charge in [0.25, 0.3) is 0 Å². The Morgan fingerprint density at radius 1 is 1.29 bits per heavy atom. The van der Waals surface area contributed by atoms with Gasteiger partial charge in [0, 0.05) is 19.5 Å². The van der Waals surface area contributed by atoms with Crippen molar-refractivity contribution >= 4 is 35.5 Å². The summed E-state index contributed by atoms with van der Waals surface area (Å²) in [7, 11) is 0. The van der Waals surface area contributed by atoms with Crippen LogP contribution in [0.4, 0.5) is 4.79 Å². The fourth-order valence-corrected chi connectivity index (χ4v) is 3.83. The van der Waals surface area contributed by atoms with Crippen LogP contribution in [0.1, 0.15) is 12.0 Å². The number of nitrogens with one attached hydrogen (secondary N) is 3. The number of likely N-dealkylation sites (tertiary alicyclic amines) is 1. The van der Waals surface area contributed by atoms with Crippen LogP contribution in [0, 0.1) is 0 Å². The highest BCUT2D eigenvalue weighted by Gasteiger charge is 2.40. The molecule has 3 unspecified atom stereocenters. The quantitative estimate of drug-likeness (QED) is 0.375. The molecule has 31 heavy (non-hydrogen) atoms. The van der Waals surface area contributed by atoms with Gasteiger partial charge in [-0.05, 0) is 18.2 Å². The lowest BCUT2D eigenvalue weighted by Crippen LogP contribution is -2.53. The molecule has 1 aliphatic heterocycles. The summed E-state index contributed by atoms with van der Waals surface area (Å²) in [5.41, 5.74) is 6.36. The zero-order valence-corrected chi connectivity index (χ0v) is 18.3. The lowest BCUT2D eigenvalue weighted by atomic mass is 10.0. The Morgan fingerprint density at radius 2 is 2.00 bits per heavy atom. The van der Waals surface area contributed by atoms with E-state index in [0.29, 0.717) is 6.54 Å². The van der Waals surface area contributed by atoms with Gasteiger partial charge in [-0.25, -0.2) is 4.79 Å². The molecule has 0 aromatic heterocycles. The molecule has 1 fully saturated rings. The molecule has 1 saturated heterocycles. The number of urea groups is 1. The predicted octanol–water partition coefficient (Wildman–Crippen LogP) is 0.0169. The standard InChI is InChI=1S/C21H29N5O4S/c1-3-9-23-21(30)24-15-11-17(26(12-15)18(27)13-31-2)20(29)25-16(19(22)28)10-14-7-5-4-6-8-14/h3-8,15-17H,1,9-13H2,2H3,(H2,22,28)(H,25,29)(H2,23,24,30). The maximum absolute atomic E-state index is 13.0. The molecule has 0 saturated carbocycles. The van der Waals surface area contributed by atoms with Crippen LogP contribution < -0.4 is 21.7 Å². The Labute approximate surface area is 186 Å². The first-order valence-corrected chi connectivity index (χ1v) is 11.3. The minimum atomic E-state index is -0.907. The third-order valence-electron chi connectivity index (χ3n) is 4.88. The summed E-state index contributed by atoms with van der Waals surface area (Å²) in [6.45, 7) is 4.05. The number of hydrogen-bond donors (Lipinski definition) is 4. The molecule has 1 aromatic carbocycles. The molecule has 0 bridgehead atoms. The fourth-order valence-electron chi connectivity index (χ4n) is 3.41. The topological polar surface area (TPSA) is 134 Å². The Hall–Kier alpha value is -3.01.